The third-order valence-electron chi connectivity index (χ3n) is 9.19. The Balaban J connectivity index is 1.05. The van der Waals surface area contributed by atoms with Crippen LogP contribution in [0.5, 0.6) is 0 Å². The quantitative estimate of drug-likeness (QED) is 0.220. The Morgan fingerprint density at radius 3 is 2.39 bits per heavy atom. The molecule has 1 aliphatic heterocycles. The molecule has 1 amide bonds. The van der Waals surface area contributed by atoms with Crippen LogP contribution in [-0.2, 0) is 13.1 Å². The van der Waals surface area contributed by atoms with Crippen molar-refractivity contribution in [1.82, 2.24) is 24.2 Å². The second-order valence-corrected chi connectivity index (χ2v) is 12.3. The SMILES string of the molecule is O=C(c1ccc2c(-c3cccc(F)c3)nn(CC3CC3)c2c1)N1CCC(c2nc3ccccc3n2CC2CC2)CC1. The van der Waals surface area contributed by atoms with Gasteiger partial charge in [-0.2, -0.15) is 5.10 Å². The monoisotopic (exact) mass is 547 g/mol. The van der Waals surface area contributed by atoms with E-state index >= 15 is 0 Å². The Hall–Kier alpha value is -4.00. The van der Waals surface area contributed by atoms with Crippen LogP contribution in [0.2, 0.25) is 0 Å². The number of imidazole rings is 1. The number of hydrogen-bond donors (Lipinski definition) is 0. The van der Waals surface area contributed by atoms with Crippen molar-refractivity contribution in [2.75, 3.05) is 13.1 Å². The zero-order valence-electron chi connectivity index (χ0n) is 23.2. The van der Waals surface area contributed by atoms with Gasteiger partial charge in [-0.1, -0.05) is 24.3 Å². The molecule has 8 rings (SSSR count). The van der Waals surface area contributed by atoms with Gasteiger partial charge in [0.25, 0.3) is 5.91 Å². The molecule has 41 heavy (non-hydrogen) atoms. The summed E-state index contributed by atoms with van der Waals surface area (Å²) in [7, 11) is 0. The van der Waals surface area contributed by atoms with Gasteiger partial charge < -0.3 is 9.47 Å². The van der Waals surface area contributed by atoms with Crippen LogP contribution in [-0.4, -0.2) is 43.2 Å². The Labute approximate surface area is 238 Å². The van der Waals surface area contributed by atoms with Crippen molar-refractivity contribution >= 4 is 27.8 Å². The van der Waals surface area contributed by atoms with Gasteiger partial charge in [0.15, 0.2) is 0 Å². The largest absolute Gasteiger partial charge is 0.339 e. The minimum atomic E-state index is -0.272. The first kappa shape index (κ1) is 24.8. The fourth-order valence-electron chi connectivity index (χ4n) is 6.52. The molecule has 0 radical (unpaired) electrons. The molecule has 3 heterocycles. The number of nitrogens with zero attached hydrogens (tertiary/aromatic N) is 5. The maximum Gasteiger partial charge on any atom is 0.253 e. The van der Waals surface area contributed by atoms with E-state index in [4.69, 9.17) is 10.1 Å². The predicted molar refractivity (Wildman–Crippen MR) is 158 cm³/mol. The third-order valence-corrected chi connectivity index (χ3v) is 9.19. The lowest BCUT2D eigenvalue weighted by molar-refractivity contribution is 0.0710. The molecule has 3 aliphatic rings. The van der Waals surface area contributed by atoms with E-state index in [1.54, 1.807) is 6.07 Å². The zero-order valence-corrected chi connectivity index (χ0v) is 23.2. The number of amides is 1. The first-order chi connectivity index (χ1) is 20.1. The highest BCUT2D eigenvalue weighted by Crippen LogP contribution is 2.37. The first-order valence-corrected chi connectivity index (χ1v) is 15.1. The summed E-state index contributed by atoms with van der Waals surface area (Å²) in [6.07, 6.45) is 6.88. The Morgan fingerprint density at radius 1 is 0.829 bits per heavy atom. The smallest absolute Gasteiger partial charge is 0.253 e. The minimum Gasteiger partial charge on any atom is -0.339 e. The molecule has 208 valence electrons. The number of likely N-dealkylation sites (tertiary alicyclic amines) is 1. The van der Waals surface area contributed by atoms with E-state index in [-0.39, 0.29) is 11.7 Å². The topological polar surface area (TPSA) is 56.0 Å². The number of rotatable bonds is 7. The fourth-order valence-corrected chi connectivity index (χ4v) is 6.52. The van der Waals surface area contributed by atoms with Crippen LogP contribution in [0.1, 0.15) is 60.6 Å². The maximum absolute atomic E-state index is 14.0. The lowest BCUT2D eigenvalue weighted by Crippen LogP contribution is -2.38. The van der Waals surface area contributed by atoms with Gasteiger partial charge in [-0.15, -0.1) is 0 Å². The van der Waals surface area contributed by atoms with Gasteiger partial charge in [0.2, 0.25) is 0 Å². The summed E-state index contributed by atoms with van der Waals surface area (Å²) >= 11 is 0. The molecule has 2 aromatic heterocycles. The summed E-state index contributed by atoms with van der Waals surface area (Å²) in [5.74, 6) is 2.76. The minimum absolute atomic E-state index is 0.0725. The molecule has 5 aromatic rings. The van der Waals surface area contributed by atoms with E-state index in [0.717, 1.165) is 72.6 Å². The van der Waals surface area contributed by atoms with Crippen molar-refractivity contribution in [3.8, 4) is 11.3 Å². The second-order valence-electron chi connectivity index (χ2n) is 12.3. The molecule has 7 heteroatoms. The summed E-state index contributed by atoms with van der Waals surface area (Å²) in [6, 6.07) is 21.0. The summed E-state index contributed by atoms with van der Waals surface area (Å²) in [5.41, 5.74) is 5.50. The van der Waals surface area contributed by atoms with Gasteiger partial charge in [-0.3, -0.25) is 9.48 Å². The Kier molecular flexibility index (Phi) is 5.93. The van der Waals surface area contributed by atoms with Crippen LogP contribution in [0.4, 0.5) is 4.39 Å². The van der Waals surface area contributed by atoms with Crippen LogP contribution in [0, 0.1) is 17.7 Å². The number of hydrogen-bond acceptors (Lipinski definition) is 3. The third kappa shape index (κ3) is 4.71. The van der Waals surface area contributed by atoms with Crippen molar-refractivity contribution in [2.45, 2.75) is 57.5 Å². The van der Waals surface area contributed by atoms with Crippen LogP contribution >= 0.6 is 0 Å². The number of carbonyl (C=O) groups excluding carboxylic acids is 1. The van der Waals surface area contributed by atoms with Gasteiger partial charge in [-0.25, -0.2) is 9.37 Å². The molecule has 0 bridgehead atoms. The standard InChI is InChI=1S/C34H34FN5O/c35-27-5-3-4-25(18-27)32-28-13-12-26(19-31(28)40(37-32)21-23-10-11-23)34(41)38-16-14-24(15-17-38)33-36-29-6-1-2-7-30(29)39(33)20-22-8-9-22/h1-7,12-13,18-19,22-24H,8-11,14-17,20-21H2. The number of aromatic nitrogens is 4. The molecular formula is C34H34FN5O. The van der Waals surface area contributed by atoms with Crippen molar-refractivity contribution < 1.29 is 9.18 Å². The van der Waals surface area contributed by atoms with Gasteiger partial charge in [0.1, 0.15) is 17.3 Å². The van der Waals surface area contributed by atoms with E-state index in [0.29, 0.717) is 17.4 Å². The summed E-state index contributed by atoms with van der Waals surface area (Å²) in [4.78, 5) is 20.8. The highest BCUT2D eigenvalue weighted by atomic mass is 19.1. The molecular weight excluding hydrogens is 513 g/mol. The lowest BCUT2D eigenvalue weighted by Gasteiger charge is -2.32. The van der Waals surface area contributed by atoms with Crippen molar-refractivity contribution in [3.63, 3.8) is 0 Å². The first-order valence-electron chi connectivity index (χ1n) is 15.1. The van der Waals surface area contributed by atoms with Crippen LogP contribution < -0.4 is 0 Å². The lowest BCUT2D eigenvalue weighted by atomic mass is 9.95. The molecule has 2 saturated carbocycles. The highest BCUT2D eigenvalue weighted by molar-refractivity contribution is 6.01. The number of benzene rings is 3. The summed E-state index contributed by atoms with van der Waals surface area (Å²) < 4.78 is 18.5. The van der Waals surface area contributed by atoms with Gasteiger partial charge in [0.05, 0.1) is 16.6 Å². The van der Waals surface area contributed by atoms with Gasteiger partial charge in [-0.05, 0) is 92.8 Å². The molecule has 2 aliphatic carbocycles. The van der Waals surface area contributed by atoms with Crippen molar-refractivity contribution in [2.24, 2.45) is 11.8 Å². The summed E-state index contributed by atoms with van der Waals surface area (Å²) in [6.45, 7) is 3.34. The number of piperidine rings is 1. The van der Waals surface area contributed by atoms with Crippen molar-refractivity contribution in [3.05, 3.63) is 83.9 Å². The van der Waals surface area contributed by atoms with Crippen LogP contribution in [0.25, 0.3) is 33.2 Å². The number of fused-ring (bicyclic) bond motifs is 2. The van der Waals surface area contributed by atoms with E-state index in [9.17, 15) is 9.18 Å². The predicted octanol–water partition coefficient (Wildman–Crippen LogP) is 7.03. The van der Waals surface area contributed by atoms with E-state index in [1.165, 1.54) is 49.2 Å². The Bertz CT molecular complexity index is 1770. The molecule has 0 atom stereocenters. The molecule has 1 saturated heterocycles. The summed E-state index contributed by atoms with van der Waals surface area (Å²) in [5, 5.41) is 5.86. The maximum atomic E-state index is 14.0. The van der Waals surface area contributed by atoms with E-state index < -0.39 is 0 Å². The van der Waals surface area contributed by atoms with Gasteiger partial charge >= 0.3 is 0 Å². The molecule has 0 N–H and O–H groups in total. The number of halogens is 1. The van der Waals surface area contributed by atoms with Crippen LogP contribution in [0.3, 0.4) is 0 Å². The Morgan fingerprint density at radius 2 is 1.61 bits per heavy atom. The molecule has 3 aromatic carbocycles. The fraction of sp³-hybridized carbons (Fsp3) is 0.382. The van der Waals surface area contributed by atoms with Crippen LogP contribution in [0.15, 0.2) is 66.7 Å². The average Bonchev–Trinajstić information content (AvgIpc) is 3.93. The highest BCUT2D eigenvalue weighted by Gasteiger charge is 2.31. The number of carbonyl (C=O) groups is 1. The van der Waals surface area contributed by atoms with E-state index in [2.05, 4.69) is 28.8 Å². The van der Waals surface area contributed by atoms with Gasteiger partial charge in [0, 0.05) is 48.6 Å². The second kappa shape index (κ2) is 9.82. The normalized spacial score (nSPS) is 18.0. The molecule has 0 unspecified atom stereocenters. The van der Waals surface area contributed by atoms with Crippen molar-refractivity contribution in [1.29, 1.82) is 0 Å². The average molecular weight is 548 g/mol. The molecule has 0 spiro atoms. The van der Waals surface area contributed by atoms with E-state index in [1.807, 2.05) is 33.8 Å². The molecule has 6 nitrogen and oxygen atoms in total. The number of para-hydroxylation sites is 2. The zero-order chi connectivity index (χ0) is 27.5. The molecule has 3 fully saturated rings.